The third kappa shape index (κ3) is 3.89. The Morgan fingerprint density at radius 1 is 1.24 bits per heavy atom. The predicted octanol–water partition coefficient (Wildman–Crippen LogP) is 3.82. The molecule has 29 heavy (non-hydrogen) atoms. The molecule has 0 radical (unpaired) electrons. The molecular formula is C20H25Cl2N5OS. The van der Waals surface area contributed by atoms with Crippen LogP contribution in [-0.4, -0.2) is 50.7 Å². The number of aryl methyl sites for hydroxylation is 2. The summed E-state index contributed by atoms with van der Waals surface area (Å²) in [6, 6.07) is 7.00. The van der Waals surface area contributed by atoms with Crippen molar-refractivity contribution in [3.05, 3.63) is 34.8 Å². The van der Waals surface area contributed by atoms with Gasteiger partial charge in [0.2, 0.25) is 0 Å². The fraction of sp³-hybridized carbons (Fsp3) is 0.450. The highest BCUT2D eigenvalue weighted by Gasteiger charge is 2.32. The molecule has 2 saturated heterocycles. The molecule has 3 aromatic heterocycles. The maximum absolute atomic E-state index is 13.6. The topological polar surface area (TPSA) is 63.1 Å². The van der Waals surface area contributed by atoms with Crippen LogP contribution >= 0.6 is 36.2 Å². The second-order valence-corrected chi connectivity index (χ2v) is 8.57. The van der Waals surface area contributed by atoms with E-state index in [-0.39, 0.29) is 30.7 Å². The number of nitrogens with zero attached hydrogens (tertiary/aromatic N) is 4. The zero-order valence-electron chi connectivity index (χ0n) is 16.4. The van der Waals surface area contributed by atoms with Gasteiger partial charge < -0.3 is 10.2 Å². The Hall–Kier alpha value is -1.67. The molecule has 156 valence electrons. The summed E-state index contributed by atoms with van der Waals surface area (Å²) < 4.78 is 1.78. The molecule has 6 nitrogen and oxygen atoms in total. The lowest BCUT2D eigenvalue weighted by molar-refractivity contribution is 0.0750. The number of hydrogen-bond donors (Lipinski definition) is 1. The van der Waals surface area contributed by atoms with E-state index >= 15 is 0 Å². The highest BCUT2D eigenvalue weighted by atomic mass is 35.5. The molecule has 2 atom stereocenters. The number of carbonyl (C=O) groups excluding carboxylic acids is 1. The molecule has 1 amide bonds. The second-order valence-electron chi connectivity index (χ2n) is 7.62. The maximum atomic E-state index is 13.6. The predicted molar refractivity (Wildman–Crippen MR) is 122 cm³/mol. The highest BCUT2D eigenvalue weighted by Crippen LogP contribution is 2.31. The molecule has 1 N–H and O–H groups in total. The third-order valence-electron chi connectivity index (χ3n) is 5.78. The van der Waals surface area contributed by atoms with Crippen molar-refractivity contribution in [2.45, 2.75) is 38.3 Å². The van der Waals surface area contributed by atoms with Crippen LogP contribution in [0.25, 0.3) is 21.6 Å². The molecule has 2 aliphatic heterocycles. The van der Waals surface area contributed by atoms with E-state index in [1.807, 2.05) is 42.5 Å². The van der Waals surface area contributed by atoms with Crippen molar-refractivity contribution in [1.82, 2.24) is 25.0 Å². The van der Waals surface area contributed by atoms with E-state index in [1.165, 1.54) is 6.42 Å². The molecule has 0 spiro atoms. The van der Waals surface area contributed by atoms with E-state index in [4.69, 9.17) is 4.98 Å². The molecule has 2 fully saturated rings. The lowest BCUT2D eigenvalue weighted by Crippen LogP contribution is -2.39. The summed E-state index contributed by atoms with van der Waals surface area (Å²) in [6.07, 6.45) is 3.42. The number of hydrogen-bond acceptors (Lipinski definition) is 5. The molecule has 2 aliphatic rings. The van der Waals surface area contributed by atoms with E-state index in [2.05, 4.69) is 10.4 Å². The molecule has 3 aromatic rings. The molecule has 5 heterocycles. The molecule has 0 saturated carbocycles. The van der Waals surface area contributed by atoms with Crippen molar-refractivity contribution in [2.24, 2.45) is 7.05 Å². The smallest absolute Gasteiger partial charge is 0.254 e. The minimum atomic E-state index is 0. The Labute approximate surface area is 186 Å². The monoisotopic (exact) mass is 453 g/mol. The van der Waals surface area contributed by atoms with Crippen molar-refractivity contribution >= 4 is 53.1 Å². The van der Waals surface area contributed by atoms with Gasteiger partial charge in [-0.2, -0.15) is 5.10 Å². The summed E-state index contributed by atoms with van der Waals surface area (Å²) in [6.45, 7) is 3.55. The number of aromatic nitrogens is 3. The fourth-order valence-electron chi connectivity index (χ4n) is 4.46. The van der Waals surface area contributed by atoms with E-state index in [1.54, 1.807) is 16.0 Å². The molecule has 0 aliphatic carbocycles. The van der Waals surface area contributed by atoms with E-state index in [0.29, 0.717) is 12.1 Å². The minimum Gasteiger partial charge on any atom is -0.337 e. The van der Waals surface area contributed by atoms with Gasteiger partial charge in [-0.25, -0.2) is 4.98 Å². The largest absolute Gasteiger partial charge is 0.337 e. The van der Waals surface area contributed by atoms with E-state index < -0.39 is 0 Å². The van der Waals surface area contributed by atoms with Gasteiger partial charge in [0.1, 0.15) is 0 Å². The summed E-state index contributed by atoms with van der Waals surface area (Å²) in [4.78, 5) is 21.5. The van der Waals surface area contributed by atoms with E-state index in [0.717, 1.165) is 58.8 Å². The molecule has 2 unspecified atom stereocenters. The summed E-state index contributed by atoms with van der Waals surface area (Å²) >= 11 is 1.64. The van der Waals surface area contributed by atoms with Crippen LogP contribution in [0, 0.1) is 6.92 Å². The van der Waals surface area contributed by atoms with Gasteiger partial charge in [-0.05, 0) is 43.7 Å². The molecule has 5 rings (SSSR count). The second kappa shape index (κ2) is 8.60. The number of halogens is 2. The van der Waals surface area contributed by atoms with E-state index in [9.17, 15) is 4.79 Å². The Balaban J connectivity index is 0.00000120. The van der Waals surface area contributed by atoms with Crippen LogP contribution in [-0.2, 0) is 7.05 Å². The van der Waals surface area contributed by atoms with Crippen LogP contribution in [0.3, 0.4) is 0 Å². The number of likely N-dealkylation sites (tertiary alicyclic amines) is 1. The number of amides is 1. The standard InChI is InChI=1S/C20H23N5OS.2ClH/c1-12-18-15(20(26)25-8-7-13-5-6-14(11-25)21-13)10-16(17-4-3-9-27-17)22-19(18)24(2)23-12;;/h3-4,9-10,13-14,21H,5-8,11H2,1-2H3;2*1H. The van der Waals surface area contributed by atoms with Gasteiger partial charge in [-0.1, -0.05) is 6.07 Å². The van der Waals surface area contributed by atoms with Crippen molar-refractivity contribution < 1.29 is 4.79 Å². The van der Waals surface area contributed by atoms with Crippen LogP contribution in [0.1, 0.15) is 35.3 Å². The Morgan fingerprint density at radius 2 is 2.03 bits per heavy atom. The first-order chi connectivity index (χ1) is 13.1. The van der Waals surface area contributed by atoms with Gasteiger partial charge in [0.05, 0.1) is 27.2 Å². The Kier molecular flexibility index (Phi) is 6.53. The number of carbonyl (C=O) groups is 1. The molecule has 9 heteroatoms. The third-order valence-corrected chi connectivity index (χ3v) is 6.68. The van der Waals surface area contributed by atoms with Crippen LogP contribution in [0.15, 0.2) is 23.6 Å². The van der Waals surface area contributed by atoms with Gasteiger partial charge in [-0.15, -0.1) is 36.2 Å². The molecular weight excluding hydrogens is 429 g/mol. The molecule has 2 bridgehead atoms. The van der Waals surface area contributed by atoms with Crippen LogP contribution in [0.4, 0.5) is 0 Å². The first kappa shape index (κ1) is 22.0. The number of fused-ring (bicyclic) bond motifs is 3. The summed E-state index contributed by atoms with van der Waals surface area (Å²) in [5.74, 6) is 0.102. The van der Waals surface area contributed by atoms with Crippen molar-refractivity contribution in [1.29, 1.82) is 0 Å². The first-order valence-corrected chi connectivity index (χ1v) is 10.4. The van der Waals surface area contributed by atoms with Gasteiger partial charge in [-0.3, -0.25) is 9.48 Å². The Bertz CT molecular complexity index is 1020. The lowest BCUT2D eigenvalue weighted by Gasteiger charge is -2.25. The molecule has 0 aromatic carbocycles. The zero-order chi connectivity index (χ0) is 18.5. The summed E-state index contributed by atoms with van der Waals surface area (Å²) in [5, 5.41) is 11.1. The minimum absolute atomic E-state index is 0. The van der Waals surface area contributed by atoms with Crippen LogP contribution < -0.4 is 5.32 Å². The average molecular weight is 454 g/mol. The SMILES string of the molecule is Cc1nn(C)c2nc(-c3cccs3)cc(C(=O)N3CCC4CCC(C3)N4)c12.Cl.Cl. The van der Waals surface area contributed by atoms with Crippen molar-refractivity contribution in [3.63, 3.8) is 0 Å². The number of nitrogens with one attached hydrogen (secondary N) is 1. The first-order valence-electron chi connectivity index (χ1n) is 9.53. The average Bonchev–Trinajstić information content (AvgIpc) is 3.35. The fourth-order valence-corrected chi connectivity index (χ4v) is 5.15. The number of pyridine rings is 1. The van der Waals surface area contributed by atoms with Crippen LogP contribution in [0.2, 0.25) is 0 Å². The lowest BCUT2D eigenvalue weighted by atomic mass is 10.0. The van der Waals surface area contributed by atoms with Gasteiger partial charge in [0, 0.05) is 32.2 Å². The van der Waals surface area contributed by atoms with Crippen molar-refractivity contribution in [2.75, 3.05) is 13.1 Å². The van der Waals surface area contributed by atoms with Gasteiger partial charge in [0.25, 0.3) is 5.91 Å². The number of rotatable bonds is 2. The Morgan fingerprint density at radius 3 is 2.79 bits per heavy atom. The van der Waals surface area contributed by atoms with Gasteiger partial charge >= 0.3 is 0 Å². The summed E-state index contributed by atoms with van der Waals surface area (Å²) in [7, 11) is 1.89. The zero-order valence-corrected chi connectivity index (χ0v) is 18.9. The van der Waals surface area contributed by atoms with Crippen LogP contribution in [0.5, 0.6) is 0 Å². The number of thiophene rings is 1. The maximum Gasteiger partial charge on any atom is 0.254 e. The van der Waals surface area contributed by atoms with Crippen molar-refractivity contribution in [3.8, 4) is 10.6 Å². The quantitative estimate of drug-likeness (QED) is 0.640. The highest BCUT2D eigenvalue weighted by molar-refractivity contribution is 7.13. The summed E-state index contributed by atoms with van der Waals surface area (Å²) in [5.41, 5.74) is 3.21. The normalized spacial score (nSPS) is 20.8. The van der Waals surface area contributed by atoms with Gasteiger partial charge in [0.15, 0.2) is 5.65 Å².